The standard InChI is InChI=1S/C12H14N2O2S/c1-12(6-7-12)14-17(15,16)9-11-5-3-2-4-10(11)8-13/h2-5,14H,6-7,9H2,1H3. The molecule has 2 rings (SSSR count). The molecule has 4 nitrogen and oxygen atoms in total. The molecule has 1 aliphatic carbocycles. The highest BCUT2D eigenvalue weighted by Crippen LogP contribution is 2.35. The van der Waals surface area contributed by atoms with Crippen molar-refractivity contribution in [2.75, 3.05) is 0 Å². The third-order valence-electron chi connectivity index (χ3n) is 2.89. The summed E-state index contributed by atoms with van der Waals surface area (Å²) in [4.78, 5) is 0. The summed E-state index contributed by atoms with van der Waals surface area (Å²) in [6, 6.07) is 8.77. The van der Waals surface area contributed by atoms with Crippen LogP contribution in [0.15, 0.2) is 24.3 Å². The second-order valence-electron chi connectivity index (χ2n) is 4.69. The fourth-order valence-corrected chi connectivity index (χ4v) is 3.35. The minimum atomic E-state index is -3.36. The molecule has 0 atom stereocenters. The van der Waals surface area contributed by atoms with E-state index in [-0.39, 0.29) is 11.3 Å². The first-order valence-electron chi connectivity index (χ1n) is 5.44. The van der Waals surface area contributed by atoms with Crippen molar-refractivity contribution >= 4 is 10.0 Å². The van der Waals surface area contributed by atoms with Crippen LogP contribution in [0.25, 0.3) is 0 Å². The lowest BCUT2D eigenvalue weighted by molar-refractivity contribution is 0.557. The molecule has 0 heterocycles. The molecule has 90 valence electrons. The van der Waals surface area contributed by atoms with Crippen LogP contribution in [0.1, 0.15) is 30.9 Å². The van der Waals surface area contributed by atoms with Gasteiger partial charge in [0.15, 0.2) is 0 Å². The summed E-state index contributed by atoms with van der Waals surface area (Å²) in [7, 11) is -3.36. The van der Waals surface area contributed by atoms with Gasteiger partial charge in [-0.25, -0.2) is 13.1 Å². The van der Waals surface area contributed by atoms with Crippen LogP contribution in [0.4, 0.5) is 0 Å². The third-order valence-corrected chi connectivity index (χ3v) is 4.38. The average molecular weight is 250 g/mol. The Morgan fingerprint density at radius 2 is 2.06 bits per heavy atom. The summed E-state index contributed by atoms with van der Waals surface area (Å²) in [6.45, 7) is 1.89. The Morgan fingerprint density at radius 3 is 2.65 bits per heavy atom. The number of sulfonamides is 1. The smallest absolute Gasteiger partial charge is 0.212 e. The largest absolute Gasteiger partial charge is 0.216 e. The van der Waals surface area contributed by atoms with Gasteiger partial charge in [0.05, 0.1) is 17.4 Å². The van der Waals surface area contributed by atoms with Crippen LogP contribution in [-0.2, 0) is 15.8 Å². The van der Waals surface area contributed by atoms with Crippen molar-refractivity contribution in [3.8, 4) is 6.07 Å². The van der Waals surface area contributed by atoms with Gasteiger partial charge in [-0.3, -0.25) is 0 Å². The molecule has 5 heteroatoms. The Bertz CT molecular complexity index is 568. The van der Waals surface area contributed by atoms with E-state index in [4.69, 9.17) is 5.26 Å². The lowest BCUT2D eigenvalue weighted by Crippen LogP contribution is -2.35. The van der Waals surface area contributed by atoms with Crippen molar-refractivity contribution in [2.45, 2.75) is 31.1 Å². The van der Waals surface area contributed by atoms with Crippen molar-refractivity contribution in [2.24, 2.45) is 0 Å². The molecule has 0 bridgehead atoms. The molecular formula is C12H14N2O2S. The monoisotopic (exact) mass is 250 g/mol. The van der Waals surface area contributed by atoms with Crippen molar-refractivity contribution in [1.29, 1.82) is 5.26 Å². The van der Waals surface area contributed by atoms with Gasteiger partial charge < -0.3 is 0 Å². The fourth-order valence-electron chi connectivity index (χ4n) is 1.66. The summed E-state index contributed by atoms with van der Waals surface area (Å²) in [5, 5.41) is 8.89. The van der Waals surface area contributed by atoms with Crippen LogP contribution >= 0.6 is 0 Å². The maximum Gasteiger partial charge on any atom is 0.216 e. The van der Waals surface area contributed by atoms with Crippen molar-refractivity contribution in [3.63, 3.8) is 0 Å². The molecule has 1 aromatic rings. The Kier molecular flexibility index (Phi) is 2.94. The number of hydrogen-bond donors (Lipinski definition) is 1. The summed E-state index contributed by atoms with van der Waals surface area (Å²) in [5.74, 6) is -0.133. The van der Waals surface area contributed by atoms with Gasteiger partial charge in [-0.05, 0) is 31.4 Å². The highest BCUT2D eigenvalue weighted by Gasteiger charge is 2.40. The van der Waals surface area contributed by atoms with E-state index in [2.05, 4.69) is 4.72 Å². The first kappa shape index (κ1) is 12.1. The van der Waals surface area contributed by atoms with E-state index in [1.54, 1.807) is 24.3 Å². The molecule has 0 amide bonds. The molecule has 1 N–H and O–H groups in total. The molecular weight excluding hydrogens is 236 g/mol. The van der Waals surface area contributed by atoms with Gasteiger partial charge in [0.2, 0.25) is 10.0 Å². The Hall–Kier alpha value is -1.38. The van der Waals surface area contributed by atoms with Crippen molar-refractivity contribution < 1.29 is 8.42 Å². The van der Waals surface area contributed by atoms with Gasteiger partial charge in [0.1, 0.15) is 0 Å². The predicted octanol–water partition coefficient (Wildman–Crippen LogP) is 1.53. The highest BCUT2D eigenvalue weighted by molar-refractivity contribution is 7.88. The molecule has 0 unspecified atom stereocenters. The minimum absolute atomic E-state index is 0.133. The SMILES string of the molecule is CC1(NS(=O)(=O)Cc2ccccc2C#N)CC1. The highest BCUT2D eigenvalue weighted by atomic mass is 32.2. The summed E-state index contributed by atoms with van der Waals surface area (Å²) in [6.07, 6.45) is 1.76. The van der Waals surface area contributed by atoms with E-state index in [1.165, 1.54) is 0 Å². The van der Waals surface area contributed by atoms with Crippen molar-refractivity contribution in [3.05, 3.63) is 35.4 Å². The average Bonchev–Trinajstić information content (AvgIpc) is 2.94. The quantitative estimate of drug-likeness (QED) is 0.881. The van der Waals surface area contributed by atoms with E-state index in [9.17, 15) is 8.42 Å². The molecule has 0 aromatic heterocycles. The number of hydrogen-bond acceptors (Lipinski definition) is 3. The third kappa shape index (κ3) is 3.05. The van der Waals surface area contributed by atoms with Crippen LogP contribution < -0.4 is 4.72 Å². The molecule has 1 fully saturated rings. The van der Waals surface area contributed by atoms with Gasteiger partial charge >= 0.3 is 0 Å². The van der Waals surface area contributed by atoms with Crippen LogP contribution in [0.2, 0.25) is 0 Å². The molecule has 1 aliphatic rings. The summed E-state index contributed by atoms with van der Waals surface area (Å²) < 4.78 is 26.5. The first-order chi connectivity index (χ1) is 7.94. The maximum absolute atomic E-state index is 11.9. The van der Waals surface area contributed by atoms with Crippen molar-refractivity contribution in [1.82, 2.24) is 4.72 Å². The van der Waals surface area contributed by atoms with Gasteiger partial charge in [-0.2, -0.15) is 5.26 Å². The predicted molar refractivity (Wildman–Crippen MR) is 64.6 cm³/mol. The van der Waals surface area contributed by atoms with Crippen LogP contribution in [-0.4, -0.2) is 14.0 Å². The molecule has 0 aliphatic heterocycles. The lowest BCUT2D eigenvalue weighted by atomic mass is 10.1. The van der Waals surface area contributed by atoms with Crippen LogP contribution in [0, 0.1) is 11.3 Å². The summed E-state index contributed by atoms with van der Waals surface area (Å²) in [5.41, 5.74) is 0.700. The zero-order valence-corrected chi connectivity index (χ0v) is 10.4. The second-order valence-corrected chi connectivity index (χ2v) is 6.41. The van der Waals surface area contributed by atoms with E-state index in [0.717, 1.165) is 12.8 Å². The molecule has 1 saturated carbocycles. The zero-order chi connectivity index (χ0) is 12.5. The topological polar surface area (TPSA) is 70.0 Å². The fraction of sp³-hybridized carbons (Fsp3) is 0.417. The molecule has 0 spiro atoms. The van der Waals surface area contributed by atoms with E-state index in [0.29, 0.717) is 11.1 Å². The normalized spacial score (nSPS) is 17.4. The second kappa shape index (κ2) is 4.13. The zero-order valence-electron chi connectivity index (χ0n) is 9.60. The lowest BCUT2D eigenvalue weighted by Gasteiger charge is -2.12. The van der Waals surface area contributed by atoms with E-state index >= 15 is 0 Å². The number of rotatable bonds is 4. The molecule has 1 aromatic carbocycles. The Morgan fingerprint density at radius 1 is 1.41 bits per heavy atom. The van der Waals surface area contributed by atoms with Crippen LogP contribution in [0.3, 0.4) is 0 Å². The number of nitrogens with one attached hydrogen (secondary N) is 1. The number of benzene rings is 1. The number of nitrogens with zero attached hydrogens (tertiary/aromatic N) is 1. The van der Waals surface area contributed by atoms with Gasteiger partial charge in [0.25, 0.3) is 0 Å². The molecule has 0 saturated heterocycles. The van der Waals surface area contributed by atoms with Gasteiger partial charge in [0, 0.05) is 5.54 Å². The van der Waals surface area contributed by atoms with Gasteiger partial charge in [-0.15, -0.1) is 0 Å². The minimum Gasteiger partial charge on any atom is -0.212 e. The molecule has 17 heavy (non-hydrogen) atoms. The first-order valence-corrected chi connectivity index (χ1v) is 7.09. The number of nitriles is 1. The molecule has 0 radical (unpaired) electrons. The summed E-state index contributed by atoms with van der Waals surface area (Å²) >= 11 is 0. The Balaban J connectivity index is 2.18. The van der Waals surface area contributed by atoms with Gasteiger partial charge in [-0.1, -0.05) is 18.2 Å². The van der Waals surface area contributed by atoms with Crippen LogP contribution in [0.5, 0.6) is 0 Å². The van der Waals surface area contributed by atoms with E-state index < -0.39 is 10.0 Å². The Labute approximate surface area is 101 Å². The van der Waals surface area contributed by atoms with E-state index in [1.807, 2.05) is 13.0 Å². The maximum atomic E-state index is 11.9.